The molecule has 0 spiro atoms. The van der Waals surface area contributed by atoms with Gasteiger partial charge in [-0.3, -0.25) is 0 Å². The van der Waals surface area contributed by atoms with Crippen LogP contribution < -0.4 is 4.57 Å². The zero-order chi connectivity index (χ0) is 20.8. The molecule has 2 aromatic heterocycles. The maximum absolute atomic E-state index is 12.6. The summed E-state index contributed by atoms with van der Waals surface area (Å²) in [6.45, 7) is 6.13. The Balaban J connectivity index is 1.99. The molecular weight excluding hydrogens is 368 g/mol. The number of nitrogens with one attached hydrogen (secondary N) is 1. The standard InChI is InChI=1S/C23H24N2O4/c1-4-28-22(26)20-16(3)21(23(27)29-5-2)24-19(20)15-25-13-9-12-18(14-25)17-10-7-6-8-11-17/h6-14H,4-5,15H2,1-3H3/p+1. The SMILES string of the molecule is CCOC(=O)c1[nH]c(C[n+]2cccc(-c3ccccc3)c2)c(C(=O)OCC)c1C. The largest absolute Gasteiger partial charge is 0.462 e. The van der Waals surface area contributed by atoms with Gasteiger partial charge in [-0.15, -0.1) is 0 Å². The maximum Gasteiger partial charge on any atom is 0.355 e. The molecule has 0 amide bonds. The molecule has 0 bridgehead atoms. The number of H-pyrrole nitrogens is 1. The number of aromatic amines is 1. The molecule has 0 fully saturated rings. The van der Waals surface area contributed by atoms with Crippen LogP contribution in [0.25, 0.3) is 11.1 Å². The van der Waals surface area contributed by atoms with Crippen molar-refractivity contribution in [3.05, 3.63) is 77.4 Å². The molecule has 0 aliphatic rings. The molecule has 29 heavy (non-hydrogen) atoms. The van der Waals surface area contributed by atoms with Gasteiger partial charge in [0.25, 0.3) is 0 Å². The lowest BCUT2D eigenvalue weighted by Gasteiger charge is -2.05. The molecule has 0 atom stereocenters. The van der Waals surface area contributed by atoms with Crippen LogP contribution in [0.15, 0.2) is 54.9 Å². The van der Waals surface area contributed by atoms with Gasteiger partial charge in [0.15, 0.2) is 18.9 Å². The number of carbonyl (C=O) groups excluding carboxylic acids is 2. The molecule has 0 saturated carbocycles. The van der Waals surface area contributed by atoms with Crippen LogP contribution in [0.1, 0.15) is 46.0 Å². The number of carbonyl (C=O) groups is 2. The van der Waals surface area contributed by atoms with Crippen LogP contribution >= 0.6 is 0 Å². The summed E-state index contributed by atoms with van der Waals surface area (Å²) in [5.74, 6) is -0.934. The molecule has 6 heteroatoms. The second-order valence-corrected chi connectivity index (χ2v) is 6.55. The van der Waals surface area contributed by atoms with E-state index in [-0.39, 0.29) is 18.9 Å². The molecule has 0 aliphatic heterocycles. The highest BCUT2D eigenvalue weighted by Gasteiger charge is 2.27. The van der Waals surface area contributed by atoms with Gasteiger partial charge in [0, 0.05) is 11.6 Å². The second-order valence-electron chi connectivity index (χ2n) is 6.55. The van der Waals surface area contributed by atoms with E-state index < -0.39 is 11.9 Å². The Bertz CT molecular complexity index is 1010. The Kier molecular flexibility index (Phi) is 6.44. The molecule has 3 rings (SSSR count). The van der Waals surface area contributed by atoms with Crippen LogP contribution in [0.4, 0.5) is 0 Å². The van der Waals surface area contributed by atoms with E-state index in [1.165, 1.54) is 0 Å². The van der Waals surface area contributed by atoms with Crippen molar-refractivity contribution in [1.29, 1.82) is 0 Å². The van der Waals surface area contributed by atoms with E-state index in [0.29, 0.717) is 23.4 Å². The van der Waals surface area contributed by atoms with Crippen molar-refractivity contribution in [2.45, 2.75) is 27.3 Å². The van der Waals surface area contributed by atoms with E-state index >= 15 is 0 Å². The van der Waals surface area contributed by atoms with E-state index in [2.05, 4.69) is 4.98 Å². The summed E-state index contributed by atoms with van der Waals surface area (Å²) >= 11 is 0. The third-order valence-corrected chi connectivity index (χ3v) is 4.59. The summed E-state index contributed by atoms with van der Waals surface area (Å²) in [7, 11) is 0. The summed E-state index contributed by atoms with van der Waals surface area (Å²) in [5.41, 5.74) is 3.97. The molecule has 3 aromatic rings. The lowest BCUT2D eigenvalue weighted by Crippen LogP contribution is -2.34. The van der Waals surface area contributed by atoms with Crippen molar-refractivity contribution in [2.75, 3.05) is 13.2 Å². The normalized spacial score (nSPS) is 10.6. The zero-order valence-corrected chi connectivity index (χ0v) is 16.9. The molecular formula is C23H25N2O4+. The van der Waals surface area contributed by atoms with E-state index in [1.54, 1.807) is 20.8 Å². The van der Waals surface area contributed by atoms with E-state index in [9.17, 15) is 9.59 Å². The Morgan fingerprint density at radius 1 is 0.931 bits per heavy atom. The maximum atomic E-state index is 12.6. The van der Waals surface area contributed by atoms with Gasteiger partial charge in [-0.25, -0.2) is 9.59 Å². The fourth-order valence-electron chi connectivity index (χ4n) is 3.27. The third kappa shape index (κ3) is 4.54. The second kappa shape index (κ2) is 9.19. The van der Waals surface area contributed by atoms with Crippen molar-refractivity contribution in [1.82, 2.24) is 4.98 Å². The number of benzene rings is 1. The Morgan fingerprint density at radius 3 is 2.28 bits per heavy atom. The van der Waals surface area contributed by atoms with Crippen molar-refractivity contribution in [3.63, 3.8) is 0 Å². The van der Waals surface area contributed by atoms with Gasteiger partial charge in [-0.2, -0.15) is 4.57 Å². The van der Waals surface area contributed by atoms with Gasteiger partial charge >= 0.3 is 11.9 Å². The van der Waals surface area contributed by atoms with Gasteiger partial charge in [0.1, 0.15) is 5.69 Å². The first-order valence-electron chi connectivity index (χ1n) is 9.65. The van der Waals surface area contributed by atoms with Crippen LogP contribution in [0, 0.1) is 6.92 Å². The lowest BCUT2D eigenvalue weighted by molar-refractivity contribution is -0.688. The van der Waals surface area contributed by atoms with E-state index in [0.717, 1.165) is 11.1 Å². The molecule has 150 valence electrons. The highest BCUT2D eigenvalue weighted by Crippen LogP contribution is 2.21. The Hall–Kier alpha value is -3.41. The number of nitrogens with zero attached hydrogens (tertiary/aromatic N) is 1. The van der Waals surface area contributed by atoms with Gasteiger partial charge in [-0.05, 0) is 38.0 Å². The molecule has 0 saturated heterocycles. The molecule has 2 heterocycles. The summed E-state index contributed by atoms with van der Waals surface area (Å²) in [6.07, 6.45) is 3.92. The Morgan fingerprint density at radius 2 is 1.59 bits per heavy atom. The minimum Gasteiger partial charge on any atom is -0.462 e. The van der Waals surface area contributed by atoms with E-state index in [1.807, 2.05) is 59.4 Å². The first kappa shape index (κ1) is 20.3. The van der Waals surface area contributed by atoms with E-state index in [4.69, 9.17) is 9.47 Å². The monoisotopic (exact) mass is 393 g/mol. The van der Waals surface area contributed by atoms with Crippen molar-refractivity contribution < 1.29 is 23.6 Å². The number of hydrogen-bond acceptors (Lipinski definition) is 4. The quantitative estimate of drug-likeness (QED) is 0.491. The van der Waals surface area contributed by atoms with Crippen molar-refractivity contribution in [2.24, 2.45) is 0 Å². The number of pyridine rings is 1. The fourth-order valence-corrected chi connectivity index (χ4v) is 3.27. The average molecular weight is 393 g/mol. The number of rotatable bonds is 7. The number of aromatic nitrogens is 2. The highest BCUT2D eigenvalue weighted by molar-refractivity contribution is 5.98. The smallest absolute Gasteiger partial charge is 0.355 e. The van der Waals surface area contributed by atoms with Gasteiger partial charge in [0.2, 0.25) is 0 Å². The predicted molar refractivity (Wildman–Crippen MR) is 109 cm³/mol. The van der Waals surface area contributed by atoms with Crippen LogP contribution in [-0.4, -0.2) is 30.1 Å². The van der Waals surface area contributed by atoms with Crippen LogP contribution in [0.3, 0.4) is 0 Å². The molecule has 0 unspecified atom stereocenters. The number of ether oxygens (including phenoxy) is 2. The molecule has 1 N–H and O–H groups in total. The number of esters is 2. The van der Waals surface area contributed by atoms with Gasteiger partial charge in [0.05, 0.1) is 24.5 Å². The van der Waals surface area contributed by atoms with Crippen LogP contribution in [0.2, 0.25) is 0 Å². The molecule has 0 radical (unpaired) electrons. The highest BCUT2D eigenvalue weighted by atomic mass is 16.5. The predicted octanol–water partition coefficient (Wildman–Crippen LogP) is 3.68. The fraction of sp³-hybridized carbons (Fsp3) is 0.261. The minimum atomic E-state index is -0.482. The summed E-state index contributed by atoms with van der Waals surface area (Å²) in [6, 6.07) is 14.0. The van der Waals surface area contributed by atoms with Crippen molar-refractivity contribution >= 4 is 11.9 Å². The van der Waals surface area contributed by atoms with Crippen LogP contribution in [-0.2, 0) is 16.0 Å². The first-order valence-corrected chi connectivity index (χ1v) is 9.65. The van der Waals surface area contributed by atoms with Crippen molar-refractivity contribution in [3.8, 4) is 11.1 Å². The average Bonchev–Trinajstić information content (AvgIpc) is 3.05. The summed E-state index contributed by atoms with van der Waals surface area (Å²) < 4.78 is 12.3. The summed E-state index contributed by atoms with van der Waals surface area (Å²) in [4.78, 5) is 27.9. The zero-order valence-electron chi connectivity index (χ0n) is 16.9. The third-order valence-electron chi connectivity index (χ3n) is 4.59. The number of hydrogen-bond donors (Lipinski definition) is 1. The van der Waals surface area contributed by atoms with Gasteiger partial charge in [-0.1, -0.05) is 30.3 Å². The minimum absolute atomic E-state index is 0.258. The molecule has 1 aromatic carbocycles. The molecule has 0 aliphatic carbocycles. The van der Waals surface area contributed by atoms with Crippen LogP contribution in [0.5, 0.6) is 0 Å². The first-order chi connectivity index (χ1) is 14.0. The molecule has 6 nitrogen and oxygen atoms in total. The summed E-state index contributed by atoms with van der Waals surface area (Å²) in [5, 5.41) is 0. The van der Waals surface area contributed by atoms with Gasteiger partial charge < -0.3 is 14.5 Å². The topological polar surface area (TPSA) is 72.3 Å². The lowest BCUT2D eigenvalue weighted by atomic mass is 10.1. The Labute approximate surface area is 170 Å².